The van der Waals surface area contributed by atoms with E-state index in [1.807, 2.05) is 27.9 Å². The third-order valence-electron chi connectivity index (χ3n) is 2.14. The van der Waals surface area contributed by atoms with Crippen LogP contribution in [0, 0.1) is 0 Å². The van der Waals surface area contributed by atoms with Gasteiger partial charge in [-0.2, -0.15) is 0 Å². The summed E-state index contributed by atoms with van der Waals surface area (Å²) in [6, 6.07) is 0. The number of rotatable bonds is 7. The lowest BCUT2D eigenvalue weighted by Crippen LogP contribution is -2.57. The fraction of sp³-hybridized carbons (Fsp3) is 0.800. The minimum atomic E-state index is -2.34. The quantitative estimate of drug-likeness (QED) is 0.609. The maximum absolute atomic E-state index is 5.83. The Kier molecular flexibility index (Phi) is 6.27. The first-order chi connectivity index (χ1) is 6.55. The third-order valence-corrected chi connectivity index (χ3v) is 5.93. The number of hydrogen-bond donors (Lipinski definition) is 0. The van der Waals surface area contributed by atoms with Gasteiger partial charge in [-0.25, -0.2) is 0 Å². The van der Waals surface area contributed by atoms with E-state index >= 15 is 0 Å². The van der Waals surface area contributed by atoms with Gasteiger partial charge in [0.25, 0.3) is 0 Å². The molecule has 0 N–H and O–H groups in total. The van der Waals surface area contributed by atoms with Gasteiger partial charge in [0.1, 0.15) is 0 Å². The monoisotopic (exact) mass is 217 g/mol. The van der Waals surface area contributed by atoms with Gasteiger partial charge in [0.2, 0.25) is 0 Å². The maximum atomic E-state index is 5.83. The largest absolute Gasteiger partial charge is 0.457 e. The second-order valence-corrected chi connectivity index (χ2v) is 6.64. The molecule has 0 fully saturated rings. The molecule has 0 aromatic heterocycles. The Bertz CT molecular complexity index is 177. The van der Waals surface area contributed by atoms with Crippen LogP contribution < -0.4 is 0 Å². The van der Waals surface area contributed by atoms with E-state index in [-0.39, 0.29) is 0 Å². The highest BCUT2D eigenvalue weighted by Gasteiger charge is 2.43. The molecule has 0 aromatic rings. The summed E-state index contributed by atoms with van der Waals surface area (Å²) in [6.45, 7) is 11.5. The van der Waals surface area contributed by atoms with Crippen molar-refractivity contribution in [3.63, 3.8) is 0 Å². The highest BCUT2D eigenvalue weighted by atomic mass is 28.4. The summed E-state index contributed by atoms with van der Waals surface area (Å²) in [5.41, 5.74) is 0. The van der Waals surface area contributed by atoms with Crippen LogP contribution in [0.3, 0.4) is 0 Å². The van der Waals surface area contributed by atoms with Crippen LogP contribution in [0.15, 0.2) is 11.8 Å². The van der Waals surface area contributed by atoms with E-state index in [2.05, 4.69) is 18.1 Å². The van der Waals surface area contributed by atoms with Gasteiger partial charge in [-0.15, -0.1) is 0 Å². The predicted molar refractivity (Wildman–Crippen MR) is 62.1 cm³/mol. The van der Waals surface area contributed by atoms with Crippen LogP contribution in [0.5, 0.6) is 0 Å². The maximum Gasteiger partial charge on any atom is 0.457 e. The average Bonchev–Trinajstić information content (AvgIpc) is 2.15. The van der Waals surface area contributed by atoms with Gasteiger partial charge in [0.05, 0.1) is 0 Å². The number of nitrogens with zero attached hydrogens (tertiary/aromatic N) is 1. The number of allylic oxidation sites excluding steroid dienone is 1. The van der Waals surface area contributed by atoms with Gasteiger partial charge in [-0.3, -0.25) is 4.57 Å². The Morgan fingerprint density at radius 3 is 1.79 bits per heavy atom. The zero-order valence-corrected chi connectivity index (χ0v) is 11.1. The minimum absolute atomic E-state index is 0.670. The first-order valence-electron chi connectivity index (χ1n) is 5.18. The summed E-state index contributed by atoms with van der Waals surface area (Å²) in [7, 11) is 1.66. The van der Waals surface area contributed by atoms with Crippen molar-refractivity contribution in [2.45, 2.75) is 27.2 Å². The first kappa shape index (κ1) is 13.8. The van der Waals surface area contributed by atoms with Gasteiger partial charge >= 0.3 is 8.72 Å². The Hall–Kier alpha value is -0.163. The summed E-state index contributed by atoms with van der Waals surface area (Å²) < 4.78 is 13.7. The average molecular weight is 217 g/mol. The fourth-order valence-corrected chi connectivity index (χ4v) is 4.30. The highest BCUT2D eigenvalue weighted by molar-refractivity contribution is 6.72. The van der Waals surface area contributed by atoms with Crippen molar-refractivity contribution in [1.29, 1.82) is 0 Å². The van der Waals surface area contributed by atoms with Gasteiger partial charge < -0.3 is 8.85 Å². The molecule has 0 unspecified atom stereocenters. The lowest BCUT2D eigenvalue weighted by atomic mass is 10.5. The van der Waals surface area contributed by atoms with E-state index in [0.29, 0.717) is 13.2 Å². The van der Waals surface area contributed by atoms with Crippen LogP contribution in [0.1, 0.15) is 27.2 Å². The molecule has 0 aliphatic heterocycles. The molecule has 0 saturated carbocycles. The van der Waals surface area contributed by atoms with Gasteiger partial charge in [-0.05, 0) is 39.6 Å². The Labute approximate surface area is 89.0 Å². The van der Waals surface area contributed by atoms with Crippen LogP contribution in [0.2, 0.25) is 0 Å². The van der Waals surface area contributed by atoms with Crippen LogP contribution in [0.25, 0.3) is 0 Å². The molecule has 0 heterocycles. The molecule has 0 rings (SSSR count). The van der Waals surface area contributed by atoms with Crippen LogP contribution in [0.4, 0.5) is 0 Å². The predicted octanol–water partition coefficient (Wildman–Crippen LogP) is 2.07. The van der Waals surface area contributed by atoms with E-state index in [1.54, 1.807) is 0 Å². The molecule has 14 heavy (non-hydrogen) atoms. The molecule has 0 amide bonds. The summed E-state index contributed by atoms with van der Waals surface area (Å²) in [4.78, 5) is 0. The molecule has 0 aromatic carbocycles. The molecule has 0 spiro atoms. The second kappa shape index (κ2) is 6.34. The lowest BCUT2D eigenvalue weighted by molar-refractivity contribution is 0.147. The molecule has 0 aliphatic carbocycles. The molecular weight excluding hydrogens is 194 g/mol. The third kappa shape index (κ3) is 2.92. The van der Waals surface area contributed by atoms with Crippen molar-refractivity contribution in [2.75, 3.05) is 27.3 Å². The normalized spacial score (nSPS) is 12.1. The van der Waals surface area contributed by atoms with Crippen molar-refractivity contribution in [1.82, 2.24) is 4.57 Å². The molecule has 0 saturated heterocycles. The molecule has 0 aliphatic rings. The smallest absolute Gasteiger partial charge is 0.380 e. The van der Waals surface area contributed by atoms with Gasteiger partial charge in [0, 0.05) is 13.2 Å². The molecule has 0 radical (unpaired) electrons. The molecule has 3 nitrogen and oxygen atoms in total. The summed E-state index contributed by atoms with van der Waals surface area (Å²) in [5.74, 6) is 0. The van der Waals surface area contributed by atoms with Gasteiger partial charge in [-0.1, -0.05) is 13.5 Å². The van der Waals surface area contributed by atoms with Crippen molar-refractivity contribution in [3.8, 4) is 0 Å². The molecular formula is C10H23NO2Si. The van der Waals surface area contributed by atoms with Crippen molar-refractivity contribution in [2.24, 2.45) is 0 Å². The molecule has 0 atom stereocenters. The van der Waals surface area contributed by atoms with E-state index < -0.39 is 8.72 Å². The molecule has 4 heteroatoms. The van der Waals surface area contributed by atoms with Crippen LogP contribution in [-0.2, 0) is 8.85 Å². The van der Waals surface area contributed by atoms with Crippen molar-refractivity contribution < 1.29 is 8.85 Å². The number of hydrogen-bond acceptors (Lipinski definition) is 3. The second-order valence-electron chi connectivity index (χ2n) is 3.30. The zero-order valence-electron chi connectivity index (χ0n) is 10.1. The lowest BCUT2D eigenvalue weighted by Gasteiger charge is -2.36. The SMILES string of the molecule is C=C(CC)[Si](OCC)(OCC)N(C)C. The van der Waals surface area contributed by atoms with Crippen molar-refractivity contribution in [3.05, 3.63) is 11.8 Å². The van der Waals surface area contributed by atoms with E-state index in [4.69, 9.17) is 8.85 Å². The minimum Gasteiger partial charge on any atom is -0.380 e. The van der Waals surface area contributed by atoms with Crippen molar-refractivity contribution >= 4 is 8.72 Å². The molecule has 0 bridgehead atoms. The van der Waals surface area contributed by atoms with E-state index in [0.717, 1.165) is 11.6 Å². The Morgan fingerprint density at radius 1 is 1.14 bits per heavy atom. The topological polar surface area (TPSA) is 21.7 Å². The van der Waals surface area contributed by atoms with Gasteiger partial charge in [0.15, 0.2) is 0 Å². The zero-order chi connectivity index (χ0) is 11.2. The van der Waals surface area contributed by atoms with E-state index in [1.165, 1.54) is 0 Å². The standard InChI is InChI=1S/C10H23NO2Si/c1-7-10(4)14(11(5)6,12-8-2)13-9-3/h4,7-9H2,1-3,5-6H3. The summed E-state index contributed by atoms with van der Waals surface area (Å²) in [6.07, 6.45) is 0.907. The van der Waals surface area contributed by atoms with Crippen LogP contribution in [-0.4, -0.2) is 40.6 Å². The van der Waals surface area contributed by atoms with Crippen LogP contribution >= 0.6 is 0 Å². The summed E-state index contributed by atoms with van der Waals surface area (Å²) >= 11 is 0. The highest BCUT2D eigenvalue weighted by Crippen LogP contribution is 2.21. The fourth-order valence-electron chi connectivity index (χ4n) is 1.43. The Morgan fingerprint density at radius 2 is 1.57 bits per heavy atom. The first-order valence-corrected chi connectivity index (χ1v) is 6.95. The molecule has 84 valence electrons. The summed E-state index contributed by atoms with van der Waals surface area (Å²) in [5, 5.41) is 1.09. The Balaban J connectivity index is 4.82. The van der Waals surface area contributed by atoms with E-state index in [9.17, 15) is 0 Å².